The number of hydrogen-bond acceptors (Lipinski definition) is 3. The van der Waals surface area contributed by atoms with Crippen molar-refractivity contribution in [2.24, 2.45) is 0 Å². The SMILES string of the molecule is O=S([O-])NN1CCC=C(Cn2cccc2)C1. The van der Waals surface area contributed by atoms with Crippen LogP contribution >= 0.6 is 0 Å². The molecular weight excluding hydrogens is 226 g/mol. The average molecular weight is 240 g/mol. The fraction of sp³-hybridized carbons (Fsp3) is 0.400. The van der Waals surface area contributed by atoms with Gasteiger partial charge in [-0.25, -0.2) is 5.01 Å². The van der Waals surface area contributed by atoms with Gasteiger partial charge in [-0.1, -0.05) is 6.08 Å². The summed E-state index contributed by atoms with van der Waals surface area (Å²) in [6.45, 7) is 2.19. The van der Waals surface area contributed by atoms with E-state index < -0.39 is 11.3 Å². The number of nitrogens with one attached hydrogen (secondary N) is 1. The lowest BCUT2D eigenvalue weighted by Crippen LogP contribution is -2.42. The Morgan fingerprint density at radius 2 is 2.19 bits per heavy atom. The first-order valence-electron chi connectivity index (χ1n) is 5.13. The van der Waals surface area contributed by atoms with Crippen LogP contribution in [0.2, 0.25) is 0 Å². The fourth-order valence-electron chi connectivity index (χ4n) is 1.82. The summed E-state index contributed by atoms with van der Waals surface area (Å²) in [5.74, 6) is 0. The minimum absolute atomic E-state index is 0.645. The third-order valence-corrected chi connectivity index (χ3v) is 2.89. The molecule has 0 aliphatic carbocycles. The normalized spacial score (nSPS) is 19.4. The molecule has 16 heavy (non-hydrogen) atoms. The zero-order chi connectivity index (χ0) is 11.4. The third-order valence-electron chi connectivity index (χ3n) is 2.48. The van der Waals surface area contributed by atoms with Gasteiger partial charge in [0.1, 0.15) is 0 Å². The van der Waals surface area contributed by atoms with E-state index in [9.17, 15) is 8.76 Å². The first kappa shape index (κ1) is 11.5. The molecule has 1 atom stereocenters. The van der Waals surface area contributed by atoms with Crippen LogP contribution in [0.15, 0.2) is 36.2 Å². The number of rotatable bonds is 4. The molecule has 0 radical (unpaired) electrons. The van der Waals surface area contributed by atoms with Gasteiger partial charge in [0, 0.05) is 43.3 Å². The highest BCUT2D eigenvalue weighted by atomic mass is 32.2. The second-order valence-corrected chi connectivity index (χ2v) is 4.41. The van der Waals surface area contributed by atoms with Crippen molar-refractivity contribution in [1.29, 1.82) is 0 Å². The van der Waals surface area contributed by atoms with Crippen LogP contribution in [0.3, 0.4) is 0 Å². The lowest BCUT2D eigenvalue weighted by atomic mass is 10.1. The second-order valence-electron chi connectivity index (χ2n) is 3.75. The maximum Gasteiger partial charge on any atom is 0.0442 e. The first-order chi connectivity index (χ1) is 7.74. The highest BCUT2D eigenvalue weighted by Crippen LogP contribution is 2.10. The van der Waals surface area contributed by atoms with E-state index in [1.165, 1.54) is 5.57 Å². The van der Waals surface area contributed by atoms with E-state index >= 15 is 0 Å². The molecule has 2 rings (SSSR count). The Hall–Kier alpha value is -0.950. The summed E-state index contributed by atoms with van der Waals surface area (Å²) in [6.07, 6.45) is 7.05. The summed E-state index contributed by atoms with van der Waals surface area (Å²) < 4.78 is 23.1. The smallest absolute Gasteiger partial charge is 0.0442 e. The Bertz CT molecular complexity index is 389. The summed E-state index contributed by atoms with van der Waals surface area (Å²) in [6, 6.07) is 3.96. The van der Waals surface area contributed by atoms with E-state index in [0.29, 0.717) is 6.54 Å². The monoisotopic (exact) mass is 240 g/mol. The van der Waals surface area contributed by atoms with Gasteiger partial charge in [-0.3, -0.25) is 4.21 Å². The van der Waals surface area contributed by atoms with E-state index in [4.69, 9.17) is 0 Å². The van der Waals surface area contributed by atoms with Crippen molar-refractivity contribution in [3.8, 4) is 0 Å². The highest BCUT2D eigenvalue weighted by molar-refractivity contribution is 7.76. The molecule has 1 aromatic heterocycles. The van der Waals surface area contributed by atoms with Gasteiger partial charge in [0.05, 0.1) is 0 Å². The molecule has 0 saturated carbocycles. The molecular formula is C10H14N3O2S-. The predicted molar refractivity (Wildman–Crippen MR) is 60.8 cm³/mol. The van der Waals surface area contributed by atoms with E-state index in [2.05, 4.69) is 15.5 Å². The molecule has 0 aromatic carbocycles. The van der Waals surface area contributed by atoms with E-state index in [0.717, 1.165) is 19.5 Å². The first-order valence-corrected chi connectivity index (χ1v) is 6.21. The van der Waals surface area contributed by atoms with Gasteiger partial charge >= 0.3 is 0 Å². The molecule has 0 fully saturated rings. The van der Waals surface area contributed by atoms with Crippen LogP contribution in [0.5, 0.6) is 0 Å². The summed E-state index contributed by atoms with van der Waals surface area (Å²) in [5.41, 5.74) is 1.22. The van der Waals surface area contributed by atoms with Crippen LogP contribution in [0, 0.1) is 0 Å². The van der Waals surface area contributed by atoms with Crippen LogP contribution in [0.25, 0.3) is 0 Å². The lowest BCUT2D eigenvalue weighted by molar-refractivity contribution is 0.248. The molecule has 0 bridgehead atoms. The Kier molecular flexibility index (Phi) is 3.89. The van der Waals surface area contributed by atoms with E-state index in [1.54, 1.807) is 5.01 Å². The molecule has 2 heterocycles. The predicted octanol–water partition coefficient (Wildman–Crippen LogP) is 0.419. The molecule has 1 unspecified atom stereocenters. The molecule has 1 aliphatic rings. The molecule has 1 aromatic rings. The van der Waals surface area contributed by atoms with Gasteiger partial charge < -0.3 is 9.12 Å². The molecule has 0 saturated heterocycles. The van der Waals surface area contributed by atoms with Crippen LogP contribution < -0.4 is 4.83 Å². The van der Waals surface area contributed by atoms with Crippen molar-refractivity contribution >= 4 is 11.3 Å². The molecule has 0 amide bonds. The largest absolute Gasteiger partial charge is 0.759 e. The summed E-state index contributed by atoms with van der Waals surface area (Å²) >= 11 is -2.22. The van der Waals surface area contributed by atoms with Gasteiger partial charge in [0.2, 0.25) is 0 Å². The maximum absolute atomic E-state index is 10.5. The molecule has 1 N–H and O–H groups in total. The molecule has 0 spiro atoms. The van der Waals surface area contributed by atoms with Crippen LogP contribution in [0.4, 0.5) is 0 Å². The number of nitrogens with zero attached hydrogens (tertiary/aromatic N) is 2. The Labute approximate surface area is 97.1 Å². The zero-order valence-corrected chi connectivity index (χ0v) is 9.65. The Morgan fingerprint density at radius 1 is 1.44 bits per heavy atom. The molecule has 88 valence electrons. The number of aromatic nitrogens is 1. The van der Waals surface area contributed by atoms with Gasteiger partial charge in [0.25, 0.3) is 0 Å². The topological polar surface area (TPSA) is 60.3 Å². The molecule has 5 nitrogen and oxygen atoms in total. The summed E-state index contributed by atoms with van der Waals surface area (Å²) in [7, 11) is 0. The minimum Gasteiger partial charge on any atom is -0.759 e. The van der Waals surface area contributed by atoms with Crippen molar-refractivity contribution in [2.45, 2.75) is 13.0 Å². The quantitative estimate of drug-likeness (QED) is 0.613. The van der Waals surface area contributed by atoms with Crippen molar-refractivity contribution in [2.75, 3.05) is 13.1 Å². The van der Waals surface area contributed by atoms with Gasteiger partial charge in [-0.15, -0.1) is 0 Å². The fourth-order valence-corrected chi connectivity index (χ4v) is 2.19. The molecule has 6 heteroatoms. The average Bonchev–Trinajstić information content (AvgIpc) is 2.70. The van der Waals surface area contributed by atoms with Crippen LogP contribution in [-0.2, 0) is 17.8 Å². The van der Waals surface area contributed by atoms with Crippen LogP contribution in [0.1, 0.15) is 6.42 Å². The Morgan fingerprint density at radius 3 is 2.88 bits per heavy atom. The van der Waals surface area contributed by atoms with Gasteiger partial charge in [-0.05, 0) is 24.1 Å². The van der Waals surface area contributed by atoms with Crippen molar-refractivity contribution in [1.82, 2.24) is 14.4 Å². The third kappa shape index (κ3) is 3.28. The van der Waals surface area contributed by atoms with Crippen molar-refractivity contribution < 1.29 is 8.76 Å². The second kappa shape index (κ2) is 5.40. The lowest BCUT2D eigenvalue weighted by Gasteiger charge is -2.28. The zero-order valence-electron chi connectivity index (χ0n) is 8.83. The number of hydrogen-bond donors (Lipinski definition) is 1. The van der Waals surface area contributed by atoms with Crippen LogP contribution in [-0.4, -0.2) is 31.4 Å². The molecule has 1 aliphatic heterocycles. The summed E-state index contributed by atoms with van der Waals surface area (Å²) in [5, 5.41) is 1.71. The van der Waals surface area contributed by atoms with Crippen molar-refractivity contribution in [3.05, 3.63) is 36.2 Å². The Balaban J connectivity index is 1.91. The highest BCUT2D eigenvalue weighted by Gasteiger charge is 2.12. The summed E-state index contributed by atoms with van der Waals surface area (Å²) in [4.78, 5) is 2.39. The number of hydrazine groups is 1. The van der Waals surface area contributed by atoms with Crippen molar-refractivity contribution in [3.63, 3.8) is 0 Å². The van der Waals surface area contributed by atoms with E-state index in [-0.39, 0.29) is 0 Å². The maximum atomic E-state index is 10.5. The van der Waals surface area contributed by atoms with E-state index in [1.807, 2.05) is 24.5 Å². The van der Waals surface area contributed by atoms with Gasteiger partial charge in [0.15, 0.2) is 0 Å². The van der Waals surface area contributed by atoms with Gasteiger partial charge in [-0.2, -0.15) is 4.83 Å². The standard InChI is InChI=1S/C10H15N3O2S/c14-16(15)11-13-7-3-4-10(9-13)8-12-5-1-2-6-12/h1-2,4-6,11H,3,7-9H2,(H,14,15)/p-1. The minimum atomic E-state index is -2.22.